The number of hydrogen-bond donors (Lipinski definition) is 1. The predicted octanol–water partition coefficient (Wildman–Crippen LogP) is 2.38. The smallest absolute Gasteiger partial charge is 0.258 e. The first kappa shape index (κ1) is 12.7. The van der Waals surface area contributed by atoms with Gasteiger partial charge in [0.25, 0.3) is 5.56 Å². The molecule has 20 heavy (non-hydrogen) atoms. The van der Waals surface area contributed by atoms with Gasteiger partial charge < -0.3 is 14.3 Å². The maximum atomic E-state index is 12.3. The first-order chi connectivity index (χ1) is 9.84. The Kier molecular flexibility index (Phi) is 3.65. The Morgan fingerprint density at radius 2 is 2.00 bits per heavy atom. The van der Waals surface area contributed by atoms with Crippen LogP contribution in [0.2, 0.25) is 0 Å². The summed E-state index contributed by atoms with van der Waals surface area (Å²) in [7, 11) is 0. The van der Waals surface area contributed by atoms with E-state index < -0.39 is 0 Å². The van der Waals surface area contributed by atoms with Crippen LogP contribution in [0.15, 0.2) is 64.1 Å². The van der Waals surface area contributed by atoms with E-state index in [-0.39, 0.29) is 5.56 Å². The molecule has 4 nitrogen and oxygen atoms in total. The van der Waals surface area contributed by atoms with Crippen LogP contribution in [0.5, 0.6) is 0 Å². The Bertz CT molecular complexity index is 745. The standard InChI is InChI=1S/C16H16N2O2/c19-16-15-6-2-1-4-13(15)7-9-18(16)10-8-17-12-14-5-3-11-20-14/h1-7,9,11,17H,8,10,12H2. The molecule has 3 aromatic rings. The molecule has 1 N–H and O–H groups in total. The Hall–Kier alpha value is -2.33. The highest BCUT2D eigenvalue weighted by Gasteiger charge is 2.01. The van der Waals surface area contributed by atoms with E-state index >= 15 is 0 Å². The number of fused-ring (bicyclic) bond motifs is 1. The lowest BCUT2D eigenvalue weighted by molar-refractivity contribution is 0.475. The lowest BCUT2D eigenvalue weighted by atomic mass is 10.2. The zero-order valence-corrected chi connectivity index (χ0v) is 11.1. The van der Waals surface area contributed by atoms with Gasteiger partial charge in [0, 0.05) is 24.7 Å². The molecule has 0 radical (unpaired) electrons. The molecule has 0 spiro atoms. The molecule has 3 rings (SSSR count). The lowest BCUT2D eigenvalue weighted by Crippen LogP contribution is -2.26. The molecule has 4 heteroatoms. The third-order valence-electron chi connectivity index (χ3n) is 3.29. The summed E-state index contributed by atoms with van der Waals surface area (Å²) in [6.45, 7) is 2.04. The molecule has 0 unspecified atom stereocenters. The average Bonchev–Trinajstić information content (AvgIpc) is 2.99. The molecule has 0 aliphatic rings. The van der Waals surface area contributed by atoms with Gasteiger partial charge in [-0.2, -0.15) is 0 Å². The second kappa shape index (κ2) is 5.75. The van der Waals surface area contributed by atoms with Gasteiger partial charge >= 0.3 is 0 Å². The summed E-state index contributed by atoms with van der Waals surface area (Å²) in [4.78, 5) is 12.3. The number of benzene rings is 1. The van der Waals surface area contributed by atoms with E-state index in [0.29, 0.717) is 13.1 Å². The van der Waals surface area contributed by atoms with E-state index in [1.807, 2.05) is 48.7 Å². The first-order valence-corrected chi connectivity index (χ1v) is 6.66. The van der Waals surface area contributed by atoms with E-state index in [1.165, 1.54) is 0 Å². The molecule has 0 aliphatic carbocycles. The fourth-order valence-corrected chi connectivity index (χ4v) is 2.23. The highest BCUT2D eigenvalue weighted by atomic mass is 16.3. The maximum Gasteiger partial charge on any atom is 0.258 e. The van der Waals surface area contributed by atoms with E-state index in [2.05, 4.69) is 5.32 Å². The van der Waals surface area contributed by atoms with E-state index in [1.54, 1.807) is 10.8 Å². The van der Waals surface area contributed by atoms with Crippen molar-refractivity contribution >= 4 is 10.8 Å². The molecule has 0 fully saturated rings. The number of nitrogens with zero attached hydrogens (tertiary/aromatic N) is 1. The van der Waals surface area contributed by atoms with E-state index in [0.717, 1.165) is 23.1 Å². The van der Waals surface area contributed by atoms with Crippen molar-refractivity contribution < 1.29 is 4.42 Å². The van der Waals surface area contributed by atoms with Crippen molar-refractivity contribution in [2.45, 2.75) is 13.1 Å². The molecule has 2 heterocycles. The van der Waals surface area contributed by atoms with Crippen LogP contribution in [0.1, 0.15) is 5.76 Å². The van der Waals surface area contributed by atoms with Crippen LogP contribution in [-0.2, 0) is 13.1 Å². The predicted molar refractivity (Wildman–Crippen MR) is 78.6 cm³/mol. The van der Waals surface area contributed by atoms with Crippen LogP contribution in [0.3, 0.4) is 0 Å². The number of hydrogen-bond acceptors (Lipinski definition) is 3. The Morgan fingerprint density at radius 3 is 2.85 bits per heavy atom. The number of nitrogens with one attached hydrogen (secondary N) is 1. The van der Waals surface area contributed by atoms with E-state index in [9.17, 15) is 4.79 Å². The van der Waals surface area contributed by atoms with Crippen LogP contribution in [-0.4, -0.2) is 11.1 Å². The van der Waals surface area contributed by atoms with Crippen molar-refractivity contribution in [3.05, 3.63) is 71.0 Å². The molecule has 0 bridgehead atoms. The van der Waals surface area contributed by atoms with Gasteiger partial charge in [-0.05, 0) is 29.7 Å². The largest absolute Gasteiger partial charge is 0.468 e. The molecule has 0 atom stereocenters. The number of aromatic nitrogens is 1. The summed E-state index contributed by atoms with van der Waals surface area (Å²) in [5.41, 5.74) is 0.0582. The van der Waals surface area contributed by atoms with Gasteiger partial charge in [0.2, 0.25) is 0 Å². The minimum absolute atomic E-state index is 0.0582. The molecule has 0 saturated carbocycles. The molecule has 102 valence electrons. The normalized spacial score (nSPS) is 11.0. The van der Waals surface area contributed by atoms with Crippen molar-refractivity contribution in [1.82, 2.24) is 9.88 Å². The fraction of sp³-hybridized carbons (Fsp3) is 0.188. The Labute approximate surface area is 116 Å². The number of pyridine rings is 1. The van der Waals surface area contributed by atoms with Crippen LogP contribution in [0.25, 0.3) is 10.8 Å². The van der Waals surface area contributed by atoms with Crippen molar-refractivity contribution in [3.63, 3.8) is 0 Å². The fourth-order valence-electron chi connectivity index (χ4n) is 2.23. The molecule has 1 aromatic carbocycles. The third-order valence-corrected chi connectivity index (χ3v) is 3.29. The monoisotopic (exact) mass is 268 g/mol. The molecule has 0 saturated heterocycles. The summed E-state index contributed by atoms with van der Waals surface area (Å²) in [5.74, 6) is 0.899. The van der Waals surface area contributed by atoms with Gasteiger partial charge in [0.05, 0.1) is 12.8 Å². The molecule has 0 amide bonds. The summed E-state index contributed by atoms with van der Waals surface area (Å²) >= 11 is 0. The van der Waals surface area contributed by atoms with Crippen LogP contribution < -0.4 is 10.9 Å². The molecule has 0 aliphatic heterocycles. The zero-order valence-electron chi connectivity index (χ0n) is 11.1. The van der Waals surface area contributed by atoms with Crippen molar-refractivity contribution in [3.8, 4) is 0 Å². The minimum atomic E-state index is 0.0582. The molecule has 2 aromatic heterocycles. The maximum absolute atomic E-state index is 12.3. The van der Waals surface area contributed by atoms with Gasteiger partial charge in [-0.1, -0.05) is 18.2 Å². The van der Waals surface area contributed by atoms with Crippen LogP contribution in [0.4, 0.5) is 0 Å². The van der Waals surface area contributed by atoms with Crippen LogP contribution in [0, 0.1) is 0 Å². The summed E-state index contributed by atoms with van der Waals surface area (Å²) in [6.07, 6.45) is 3.50. The summed E-state index contributed by atoms with van der Waals surface area (Å²) in [5, 5.41) is 5.01. The van der Waals surface area contributed by atoms with Crippen molar-refractivity contribution in [2.24, 2.45) is 0 Å². The van der Waals surface area contributed by atoms with Crippen molar-refractivity contribution in [1.29, 1.82) is 0 Å². The number of rotatable bonds is 5. The Balaban J connectivity index is 1.66. The first-order valence-electron chi connectivity index (χ1n) is 6.66. The van der Waals surface area contributed by atoms with Crippen LogP contribution >= 0.6 is 0 Å². The van der Waals surface area contributed by atoms with Crippen molar-refractivity contribution in [2.75, 3.05) is 6.54 Å². The highest BCUT2D eigenvalue weighted by molar-refractivity contribution is 5.81. The van der Waals surface area contributed by atoms with E-state index in [4.69, 9.17) is 4.42 Å². The molecular formula is C16H16N2O2. The summed E-state index contributed by atoms with van der Waals surface area (Å²) < 4.78 is 6.97. The minimum Gasteiger partial charge on any atom is -0.468 e. The second-order valence-electron chi connectivity index (χ2n) is 4.66. The van der Waals surface area contributed by atoms with Gasteiger partial charge in [-0.25, -0.2) is 0 Å². The molecular weight excluding hydrogens is 252 g/mol. The Morgan fingerprint density at radius 1 is 1.10 bits per heavy atom. The van der Waals surface area contributed by atoms with Gasteiger partial charge in [-0.3, -0.25) is 4.79 Å². The summed E-state index contributed by atoms with van der Waals surface area (Å²) in [6, 6.07) is 13.4. The lowest BCUT2D eigenvalue weighted by Gasteiger charge is -2.07. The number of furan rings is 1. The van der Waals surface area contributed by atoms with Gasteiger partial charge in [0.15, 0.2) is 0 Å². The SMILES string of the molecule is O=c1c2ccccc2ccn1CCNCc1ccco1. The third kappa shape index (κ3) is 2.65. The van der Waals surface area contributed by atoms with Gasteiger partial charge in [0.1, 0.15) is 5.76 Å². The second-order valence-corrected chi connectivity index (χ2v) is 4.66. The zero-order chi connectivity index (χ0) is 13.8. The van der Waals surface area contributed by atoms with Gasteiger partial charge in [-0.15, -0.1) is 0 Å². The topological polar surface area (TPSA) is 47.2 Å². The highest BCUT2D eigenvalue weighted by Crippen LogP contribution is 2.07. The quantitative estimate of drug-likeness (QED) is 0.723. The average molecular weight is 268 g/mol.